The quantitative estimate of drug-likeness (QED) is 0.466. The fourth-order valence-corrected chi connectivity index (χ4v) is 5.16. The van der Waals surface area contributed by atoms with Crippen molar-refractivity contribution in [1.82, 2.24) is 9.97 Å². The van der Waals surface area contributed by atoms with Gasteiger partial charge in [-0.15, -0.1) is 11.3 Å². The third-order valence-electron chi connectivity index (χ3n) is 3.89. The van der Waals surface area contributed by atoms with Crippen LogP contribution in [0.25, 0.3) is 10.2 Å². The Morgan fingerprint density at radius 3 is 2.59 bits per heavy atom. The van der Waals surface area contributed by atoms with Gasteiger partial charge in [-0.05, 0) is 42.5 Å². The van der Waals surface area contributed by atoms with E-state index in [1.165, 1.54) is 30.6 Å². The molecule has 2 heterocycles. The molecule has 4 aromatic rings. The number of rotatable bonds is 6. The first kappa shape index (κ1) is 19.3. The summed E-state index contributed by atoms with van der Waals surface area (Å²) >= 11 is 2.47. The summed E-state index contributed by atoms with van der Waals surface area (Å²) < 4.78 is 33.4. The number of thiazole rings is 2. The first-order chi connectivity index (χ1) is 13.9. The average molecular weight is 447 g/mol. The molecule has 11 heteroatoms. The minimum absolute atomic E-state index is 0.0982. The summed E-state index contributed by atoms with van der Waals surface area (Å²) in [7, 11) is -2.28. The molecule has 29 heavy (non-hydrogen) atoms. The molecule has 0 unspecified atom stereocenters. The number of nitrogens with one attached hydrogen (secondary N) is 2. The van der Waals surface area contributed by atoms with Gasteiger partial charge in [0.1, 0.15) is 5.75 Å². The van der Waals surface area contributed by atoms with E-state index >= 15 is 0 Å². The summed E-state index contributed by atoms with van der Waals surface area (Å²) in [5.41, 5.74) is 1.02. The molecule has 2 aromatic carbocycles. The number of aromatic nitrogens is 2. The van der Waals surface area contributed by atoms with Crippen molar-refractivity contribution in [3.05, 3.63) is 59.6 Å². The maximum absolute atomic E-state index is 12.6. The lowest BCUT2D eigenvalue weighted by Gasteiger charge is -2.05. The predicted molar refractivity (Wildman–Crippen MR) is 113 cm³/mol. The highest BCUT2D eigenvalue weighted by atomic mass is 32.2. The van der Waals surface area contributed by atoms with Crippen LogP contribution >= 0.6 is 22.7 Å². The zero-order valence-electron chi connectivity index (χ0n) is 14.9. The van der Waals surface area contributed by atoms with Gasteiger partial charge < -0.3 is 4.74 Å². The van der Waals surface area contributed by atoms with E-state index in [1.807, 2.05) is 0 Å². The summed E-state index contributed by atoms with van der Waals surface area (Å²) in [5, 5.41) is 5.20. The molecule has 0 atom stereocenters. The van der Waals surface area contributed by atoms with Crippen LogP contribution in [0.4, 0.5) is 10.3 Å². The van der Waals surface area contributed by atoms with Crippen LogP contribution in [0.1, 0.15) is 10.4 Å². The van der Waals surface area contributed by atoms with Gasteiger partial charge >= 0.3 is 0 Å². The second kappa shape index (κ2) is 7.78. The highest BCUT2D eigenvalue weighted by Gasteiger charge is 2.17. The Kier molecular flexibility index (Phi) is 5.18. The second-order valence-electron chi connectivity index (χ2n) is 5.77. The number of carbonyl (C=O) groups excluding carboxylic acids is 1. The maximum atomic E-state index is 12.6. The van der Waals surface area contributed by atoms with Crippen molar-refractivity contribution in [3.8, 4) is 5.75 Å². The van der Waals surface area contributed by atoms with E-state index in [4.69, 9.17) is 4.74 Å². The van der Waals surface area contributed by atoms with Crippen LogP contribution in [0.2, 0.25) is 0 Å². The molecule has 4 rings (SSSR count). The van der Waals surface area contributed by atoms with Gasteiger partial charge in [0.25, 0.3) is 15.9 Å². The lowest BCUT2D eigenvalue weighted by atomic mass is 10.2. The Balaban J connectivity index is 1.56. The lowest BCUT2D eigenvalue weighted by Crippen LogP contribution is -2.12. The first-order valence-corrected chi connectivity index (χ1v) is 11.4. The van der Waals surface area contributed by atoms with Gasteiger partial charge in [-0.3, -0.25) is 14.8 Å². The Labute approximate surface area is 174 Å². The standard InChI is InChI=1S/C18H14N4O4S3/c1-26-12-3-5-13(6-4-12)29(24,25)22-18-20-14-7-2-11(10-15(14)28-18)16(23)21-17-19-8-9-27-17/h2-10H,1H3,(H,20,22)(H,19,21,23). The van der Waals surface area contributed by atoms with E-state index in [-0.39, 0.29) is 15.9 Å². The zero-order chi connectivity index (χ0) is 20.4. The molecule has 0 aliphatic carbocycles. The van der Waals surface area contributed by atoms with E-state index in [0.29, 0.717) is 26.7 Å². The molecule has 0 fully saturated rings. The van der Waals surface area contributed by atoms with Crippen molar-refractivity contribution in [2.45, 2.75) is 4.90 Å². The molecule has 1 amide bonds. The van der Waals surface area contributed by atoms with E-state index in [9.17, 15) is 13.2 Å². The summed E-state index contributed by atoms with van der Waals surface area (Å²) in [6.45, 7) is 0. The SMILES string of the molecule is COc1ccc(S(=O)(=O)Nc2nc3ccc(C(=O)Nc4nccs4)cc3s2)cc1. The normalized spacial score (nSPS) is 11.3. The van der Waals surface area contributed by atoms with Crippen LogP contribution in [0.5, 0.6) is 5.75 Å². The van der Waals surface area contributed by atoms with Crippen molar-refractivity contribution in [3.63, 3.8) is 0 Å². The van der Waals surface area contributed by atoms with E-state index in [1.54, 1.807) is 41.9 Å². The van der Waals surface area contributed by atoms with Gasteiger partial charge in [0.05, 0.1) is 22.2 Å². The molecular weight excluding hydrogens is 432 g/mol. The molecule has 0 spiro atoms. The molecule has 148 valence electrons. The van der Waals surface area contributed by atoms with Crippen LogP contribution in [0.15, 0.2) is 58.9 Å². The topological polar surface area (TPSA) is 110 Å². The zero-order valence-corrected chi connectivity index (χ0v) is 17.4. The largest absolute Gasteiger partial charge is 0.497 e. The summed E-state index contributed by atoms with van der Waals surface area (Å²) in [6.07, 6.45) is 1.61. The highest BCUT2D eigenvalue weighted by molar-refractivity contribution is 7.93. The summed E-state index contributed by atoms with van der Waals surface area (Å²) in [4.78, 5) is 20.8. The molecule has 2 aromatic heterocycles. The average Bonchev–Trinajstić information content (AvgIpc) is 3.36. The van der Waals surface area contributed by atoms with Gasteiger partial charge in [-0.1, -0.05) is 11.3 Å². The molecular formula is C18H14N4O4S3. The molecule has 2 N–H and O–H groups in total. The molecule has 0 saturated heterocycles. The number of methoxy groups -OCH3 is 1. The van der Waals surface area contributed by atoms with Crippen molar-refractivity contribution >= 4 is 59.1 Å². The Morgan fingerprint density at radius 2 is 1.90 bits per heavy atom. The highest BCUT2D eigenvalue weighted by Crippen LogP contribution is 2.29. The molecule has 8 nitrogen and oxygen atoms in total. The number of carbonyl (C=O) groups is 1. The van der Waals surface area contributed by atoms with Crippen LogP contribution in [0, 0.1) is 0 Å². The molecule has 0 radical (unpaired) electrons. The Morgan fingerprint density at radius 1 is 1.10 bits per heavy atom. The first-order valence-electron chi connectivity index (χ1n) is 8.23. The monoisotopic (exact) mass is 446 g/mol. The molecule has 0 bridgehead atoms. The van der Waals surface area contributed by atoms with Crippen molar-refractivity contribution in [2.75, 3.05) is 17.1 Å². The Bertz CT molecular complexity index is 1270. The minimum Gasteiger partial charge on any atom is -0.497 e. The molecule has 0 aliphatic rings. The van der Waals surface area contributed by atoms with Crippen molar-refractivity contribution < 1.29 is 17.9 Å². The smallest absolute Gasteiger partial charge is 0.263 e. The number of nitrogens with zero attached hydrogens (tertiary/aromatic N) is 2. The number of anilines is 2. The van der Waals surface area contributed by atoms with Crippen LogP contribution < -0.4 is 14.8 Å². The van der Waals surface area contributed by atoms with Crippen molar-refractivity contribution in [1.29, 1.82) is 0 Å². The maximum Gasteiger partial charge on any atom is 0.263 e. The van der Waals surface area contributed by atoms with Crippen LogP contribution in [0.3, 0.4) is 0 Å². The van der Waals surface area contributed by atoms with Gasteiger partial charge in [0.15, 0.2) is 10.3 Å². The molecule has 0 aliphatic heterocycles. The van der Waals surface area contributed by atoms with Gasteiger partial charge in [-0.25, -0.2) is 18.4 Å². The van der Waals surface area contributed by atoms with Gasteiger partial charge in [0.2, 0.25) is 0 Å². The number of ether oxygens (including phenoxy) is 1. The van der Waals surface area contributed by atoms with Crippen LogP contribution in [-0.4, -0.2) is 31.4 Å². The minimum atomic E-state index is -3.79. The Hall–Kier alpha value is -3.02. The number of hydrogen-bond acceptors (Lipinski definition) is 8. The van der Waals surface area contributed by atoms with Crippen molar-refractivity contribution in [2.24, 2.45) is 0 Å². The third kappa shape index (κ3) is 4.21. The lowest BCUT2D eigenvalue weighted by molar-refractivity contribution is 0.102. The number of amides is 1. The molecule has 0 saturated carbocycles. The van der Waals surface area contributed by atoms with E-state index in [0.717, 1.165) is 11.3 Å². The van der Waals surface area contributed by atoms with E-state index in [2.05, 4.69) is 20.0 Å². The van der Waals surface area contributed by atoms with Crippen LogP contribution in [-0.2, 0) is 10.0 Å². The number of sulfonamides is 1. The second-order valence-corrected chi connectivity index (χ2v) is 9.38. The number of benzene rings is 2. The number of fused-ring (bicyclic) bond motifs is 1. The number of hydrogen-bond donors (Lipinski definition) is 2. The fraction of sp³-hybridized carbons (Fsp3) is 0.0556. The van der Waals surface area contributed by atoms with E-state index < -0.39 is 10.0 Å². The third-order valence-corrected chi connectivity index (χ3v) is 7.00. The summed E-state index contributed by atoms with van der Waals surface area (Å²) in [6, 6.07) is 11.0. The van der Waals surface area contributed by atoms with Gasteiger partial charge in [0, 0.05) is 17.1 Å². The van der Waals surface area contributed by atoms with Gasteiger partial charge in [-0.2, -0.15) is 0 Å². The fourth-order valence-electron chi connectivity index (χ4n) is 2.49. The predicted octanol–water partition coefficient (Wildman–Crippen LogP) is 3.81. The summed E-state index contributed by atoms with van der Waals surface area (Å²) in [5.74, 6) is 0.267.